The highest BCUT2D eigenvalue weighted by atomic mass is 16.4. The number of carboxylic acids is 1. The van der Waals surface area contributed by atoms with Crippen LogP contribution in [-0.4, -0.2) is 40.1 Å². The van der Waals surface area contributed by atoms with Crippen molar-refractivity contribution in [3.63, 3.8) is 0 Å². The highest BCUT2D eigenvalue weighted by molar-refractivity contribution is 5.93. The first-order chi connectivity index (χ1) is 12.5. The molecule has 0 aromatic heterocycles. The molecule has 0 aliphatic carbocycles. The zero-order valence-electron chi connectivity index (χ0n) is 14.4. The van der Waals surface area contributed by atoms with E-state index in [1.54, 1.807) is 12.1 Å². The number of nitrogens with zero attached hydrogens (tertiary/aromatic N) is 1. The molecule has 2 aromatic carbocycles. The molecule has 0 radical (unpaired) electrons. The van der Waals surface area contributed by atoms with Crippen molar-refractivity contribution in [2.75, 3.05) is 18.4 Å². The van der Waals surface area contributed by atoms with Gasteiger partial charge in [0, 0.05) is 37.8 Å². The van der Waals surface area contributed by atoms with Gasteiger partial charge in [0.15, 0.2) is 0 Å². The monoisotopic (exact) mass is 354 g/mol. The Kier molecular flexibility index (Phi) is 5.53. The summed E-state index contributed by atoms with van der Waals surface area (Å²) in [6, 6.07) is 14.4. The fourth-order valence-electron chi connectivity index (χ4n) is 3.27. The normalized spacial score (nSPS) is 15.1. The van der Waals surface area contributed by atoms with Gasteiger partial charge >= 0.3 is 5.97 Å². The average Bonchev–Trinajstić information content (AvgIpc) is 2.61. The van der Waals surface area contributed by atoms with Gasteiger partial charge in [-0.3, -0.25) is 14.5 Å². The van der Waals surface area contributed by atoms with E-state index in [2.05, 4.69) is 22.3 Å². The molecule has 1 atom stereocenters. The summed E-state index contributed by atoms with van der Waals surface area (Å²) in [6.45, 7) is 1.82. The van der Waals surface area contributed by atoms with Gasteiger partial charge in [-0.1, -0.05) is 30.3 Å². The van der Waals surface area contributed by atoms with Crippen LogP contribution >= 0.6 is 0 Å². The SMILES string of the molecule is O=C(CC(CN1CCc2ccccc2C1)C(=O)O)Nc1cccc(O)c1. The first kappa shape index (κ1) is 17.9. The number of aromatic hydroxyl groups is 1. The van der Waals surface area contributed by atoms with Crippen molar-refractivity contribution in [2.45, 2.75) is 19.4 Å². The summed E-state index contributed by atoms with van der Waals surface area (Å²) >= 11 is 0. The Balaban J connectivity index is 1.59. The maximum atomic E-state index is 12.2. The van der Waals surface area contributed by atoms with E-state index < -0.39 is 11.9 Å². The van der Waals surface area contributed by atoms with Crippen LogP contribution < -0.4 is 5.32 Å². The Morgan fingerprint density at radius 1 is 1.12 bits per heavy atom. The molecule has 1 unspecified atom stereocenters. The maximum absolute atomic E-state index is 12.2. The highest BCUT2D eigenvalue weighted by Gasteiger charge is 2.26. The van der Waals surface area contributed by atoms with Crippen LogP contribution in [0.25, 0.3) is 0 Å². The summed E-state index contributed by atoms with van der Waals surface area (Å²) < 4.78 is 0. The van der Waals surface area contributed by atoms with E-state index in [0.717, 1.165) is 13.0 Å². The lowest BCUT2D eigenvalue weighted by molar-refractivity contribution is -0.144. The van der Waals surface area contributed by atoms with Crippen molar-refractivity contribution in [1.82, 2.24) is 4.90 Å². The summed E-state index contributed by atoms with van der Waals surface area (Å²) in [7, 11) is 0. The molecule has 26 heavy (non-hydrogen) atoms. The lowest BCUT2D eigenvalue weighted by Gasteiger charge is -2.30. The van der Waals surface area contributed by atoms with Crippen molar-refractivity contribution in [3.05, 3.63) is 59.7 Å². The summed E-state index contributed by atoms with van der Waals surface area (Å²) in [5.74, 6) is -2.09. The lowest BCUT2D eigenvalue weighted by Crippen LogP contribution is -2.38. The minimum absolute atomic E-state index is 0.0459. The Bertz CT molecular complexity index is 806. The summed E-state index contributed by atoms with van der Waals surface area (Å²) in [6.07, 6.45) is 0.779. The fraction of sp³-hybridized carbons (Fsp3) is 0.300. The molecule has 0 saturated heterocycles. The number of amides is 1. The fourth-order valence-corrected chi connectivity index (χ4v) is 3.27. The second kappa shape index (κ2) is 8.01. The van der Waals surface area contributed by atoms with Gasteiger partial charge in [-0.15, -0.1) is 0 Å². The third kappa shape index (κ3) is 4.61. The molecule has 3 rings (SSSR count). The molecule has 0 saturated carbocycles. The van der Waals surface area contributed by atoms with Crippen LogP contribution in [0, 0.1) is 5.92 Å². The standard InChI is InChI=1S/C20H22N2O4/c23-18-7-3-6-17(11-18)21-19(24)10-16(20(25)26)13-22-9-8-14-4-1-2-5-15(14)12-22/h1-7,11,16,23H,8-10,12-13H2,(H,21,24)(H,25,26). The number of carbonyl (C=O) groups is 2. The topological polar surface area (TPSA) is 89.9 Å². The number of carbonyl (C=O) groups excluding carboxylic acids is 1. The Morgan fingerprint density at radius 3 is 2.62 bits per heavy atom. The number of anilines is 1. The number of phenolic OH excluding ortho intramolecular Hbond substituents is 1. The number of carboxylic acid groups (broad SMARTS) is 1. The van der Waals surface area contributed by atoms with Gasteiger partial charge in [-0.05, 0) is 29.7 Å². The molecule has 3 N–H and O–H groups in total. The van der Waals surface area contributed by atoms with Crippen LogP contribution in [0.15, 0.2) is 48.5 Å². The van der Waals surface area contributed by atoms with Gasteiger partial charge in [0.2, 0.25) is 5.91 Å². The molecular weight excluding hydrogens is 332 g/mol. The van der Waals surface area contributed by atoms with Crippen molar-refractivity contribution in [1.29, 1.82) is 0 Å². The molecule has 136 valence electrons. The second-order valence-corrected chi connectivity index (χ2v) is 6.59. The zero-order valence-corrected chi connectivity index (χ0v) is 14.4. The first-order valence-electron chi connectivity index (χ1n) is 8.62. The minimum atomic E-state index is -0.977. The van der Waals surface area contributed by atoms with Gasteiger partial charge < -0.3 is 15.5 Å². The predicted molar refractivity (Wildman–Crippen MR) is 97.9 cm³/mol. The largest absolute Gasteiger partial charge is 0.508 e. The number of benzene rings is 2. The molecular formula is C20H22N2O4. The van der Waals surface area contributed by atoms with Gasteiger partial charge in [-0.2, -0.15) is 0 Å². The van der Waals surface area contributed by atoms with E-state index in [9.17, 15) is 19.8 Å². The van der Waals surface area contributed by atoms with Gasteiger partial charge in [0.1, 0.15) is 5.75 Å². The van der Waals surface area contributed by atoms with E-state index in [1.165, 1.54) is 23.3 Å². The number of phenols is 1. The summed E-state index contributed by atoms with van der Waals surface area (Å²) in [4.78, 5) is 25.9. The Morgan fingerprint density at radius 2 is 1.88 bits per heavy atom. The zero-order chi connectivity index (χ0) is 18.5. The van der Waals surface area contributed by atoms with Crippen LogP contribution in [0.5, 0.6) is 5.75 Å². The van der Waals surface area contributed by atoms with Crippen LogP contribution in [0.3, 0.4) is 0 Å². The molecule has 1 amide bonds. The summed E-state index contributed by atoms with van der Waals surface area (Å²) in [5, 5.41) is 21.6. The van der Waals surface area contributed by atoms with Crippen molar-refractivity contribution < 1.29 is 19.8 Å². The number of aliphatic carboxylic acids is 1. The Hall–Kier alpha value is -2.86. The van der Waals surface area contributed by atoms with E-state index in [0.29, 0.717) is 18.8 Å². The van der Waals surface area contributed by atoms with Gasteiger partial charge in [-0.25, -0.2) is 0 Å². The number of hydrogen-bond acceptors (Lipinski definition) is 4. The van der Waals surface area contributed by atoms with Crippen LogP contribution in [0.1, 0.15) is 17.5 Å². The van der Waals surface area contributed by atoms with E-state index >= 15 is 0 Å². The number of hydrogen-bond donors (Lipinski definition) is 3. The van der Waals surface area contributed by atoms with Crippen molar-refractivity contribution in [2.24, 2.45) is 5.92 Å². The molecule has 0 spiro atoms. The third-order valence-corrected chi connectivity index (χ3v) is 4.60. The molecule has 1 aliphatic rings. The smallest absolute Gasteiger partial charge is 0.308 e. The molecule has 0 bridgehead atoms. The molecule has 1 aliphatic heterocycles. The maximum Gasteiger partial charge on any atom is 0.308 e. The third-order valence-electron chi connectivity index (χ3n) is 4.60. The molecule has 6 nitrogen and oxygen atoms in total. The van der Waals surface area contributed by atoms with E-state index in [1.807, 2.05) is 12.1 Å². The Labute approximate surface area is 152 Å². The van der Waals surface area contributed by atoms with E-state index in [4.69, 9.17) is 0 Å². The minimum Gasteiger partial charge on any atom is -0.508 e. The van der Waals surface area contributed by atoms with E-state index in [-0.39, 0.29) is 18.1 Å². The second-order valence-electron chi connectivity index (χ2n) is 6.59. The van der Waals surface area contributed by atoms with Crippen LogP contribution in [0.4, 0.5) is 5.69 Å². The molecule has 0 fully saturated rings. The van der Waals surface area contributed by atoms with Crippen LogP contribution in [0.2, 0.25) is 0 Å². The summed E-state index contributed by atoms with van der Waals surface area (Å²) in [5.41, 5.74) is 2.97. The van der Waals surface area contributed by atoms with Crippen molar-refractivity contribution in [3.8, 4) is 5.75 Å². The predicted octanol–water partition coefficient (Wildman–Crippen LogP) is 2.48. The molecule has 1 heterocycles. The highest BCUT2D eigenvalue weighted by Crippen LogP contribution is 2.21. The quantitative estimate of drug-likeness (QED) is 0.741. The van der Waals surface area contributed by atoms with Crippen LogP contribution in [-0.2, 0) is 22.6 Å². The average molecular weight is 354 g/mol. The number of rotatable bonds is 6. The number of fused-ring (bicyclic) bond motifs is 1. The van der Waals surface area contributed by atoms with Gasteiger partial charge in [0.25, 0.3) is 0 Å². The number of nitrogens with one attached hydrogen (secondary N) is 1. The lowest BCUT2D eigenvalue weighted by atomic mass is 9.97. The first-order valence-corrected chi connectivity index (χ1v) is 8.62. The molecule has 2 aromatic rings. The van der Waals surface area contributed by atoms with Gasteiger partial charge in [0.05, 0.1) is 5.92 Å². The molecule has 6 heteroatoms. The van der Waals surface area contributed by atoms with Crippen molar-refractivity contribution >= 4 is 17.6 Å².